The van der Waals surface area contributed by atoms with E-state index >= 15 is 0 Å². The maximum Gasteiger partial charge on any atom is 0.0546 e. The van der Waals surface area contributed by atoms with Crippen molar-refractivity contribution in [3.05, 3.63) is 0 Å². The minimum Gasteiger partial charge on any atom is -0.381 e. The Labute approximate surface area is 131 Å². The maximum absolute atomic E-state index is 5.86. The summed E-state index contributed by atoms with van der Waals surface area (Å²) >= 11 is 0. The Morgan fingerprint density at radius 3 is 2.90 bits per heavy atom. The first-order chi connectivity index (χ1) is 10.1. The first-order valence-electron chi connectivity index (χ1n) is 9.14. The number of rotatable bonds is 8. The van der Waals surface area contributed by atoms with Gasteiger partial charge in [-0.1, -0.05) is 27.2 Å². The summed E-state index contributed by atoms with van der Waals surface area (Å²) in [6.45, 7) is 14.9. The third kappa shape index (κ3) is 5.54. The lowest BCUT2D eigenvalue weighted by Gasteiger charge is -2.40. The van der Waals surface area contributed by atoms with E-state index in [1.807, 2.05) is 0 Å². The molecule has 0 saturated carbocycles. The summed E-state index contributed by atoms with van der Waals surface area (Å²) in [5.41, 5.74) is 0.355. The molecule has 2 atom stereocenters. The van der Waals surface area contributed by atoms with Crippen molar-refractivity contribution in [2.75, 3.05) is 45.9 Å². The van der Waals surface area contributed by atoms with Crippen LogP contribution >= 0.6 is 0 Å². The lowest BCUT2D eigenvalue weighted by molar-refractivity contribution is -0.0237. The number of ether oxygens (including phenoxy) is 1. The van der Waals surface area contributed by atoms with Crippen molar-refractivity contribution in [2.45, 2.75) is 52.9 Å². The maximum atomic E-state index is 5.86. The van der Waals surface area contributed by atoms with E-state index in [1.54, 1.807) is 0 Å². The van der Waals surface area contributed by atoms with Crippen molar-refractivity contribution in [3.63, 3.8) is 0 Å². The lowest BCUT2D eigenvalue weighted by Crippen LogP contribution is -2.49. The molecule has 2 heterocycles. The van der Waals surface area contributed by atoms with Crippen LogP contribution in [-0.4, -0.2) is 50.8 Å². The van der Waals surface area contributed by atoms with Gasteiger partial charge in [-0.05, 0) is 50.6 Å². The minimum atomic E-state index is 0.355. The molecule has 2 aliphatic rings. The van der Waals surface area contributed by atoms with Gasteiger partial charge in [-0.3, -0.25) is 0 Å². The third-order valence-electron chi connectivity index (χ3n) is 5.08. The molecule has 0 amide bonds. The zero-order chi connectivity index (χ0) is 15.1. The molecule has 0 aromatic carbocycles. The molecule has 0 aromatic rings. The molecule has 2 unspecified atom stereocenters. The van der Waals surface area contributed by atoms with Crippen LogP contribution in [0.1, 0.15) is 52.9 Å². The standard InChI is InChI=1S/C18H36N2O/c1-4-6-17-7-9-20(12-17)14-18(8-5-10-21-15-18)13-19-11-16(2)3/h16-17,19H,4-15H2,1-3H3. The van der Waals surface area contributed by atoms with Crippen LogP contribution in [0.4, 0.5) is 0 Å². The monoisotopic (exact) mass is 296 g/mol. The second-order valence-electron chi connectivity index (χ2n) is 7.86. The van der Waals surface area contributed by atoms with Gasteiger partial charge in [0.15, 0.2) is 0 Å². The van der Waals surface area contributed by atoms with Crippen molar-refractivity contribution < 1.29 is 4.74 Å². The normalized spacial score (nSPS) is 31.1. The van der Waals surface area contributed by atoms with E-state index in [4.69, 9.17) is 4.74 Å². The fourth-order valence-electron chi connectivity index (χ4n) is 4.03. The second kappa shape index (κ2) is 8.50. The SMILES string of the molecule is CCCC1CCN(CC2(CNCC(C)C)CCCOC2)C1. The van der Waals surface area contributed by atoms with Gasteiger partial charge in [-0.25, -0.2) is 0 Å². The second-order valence-corrected chi connectivity index (χ2v) is 7.86. The molecule has 0 radical (unpaired) electrons. The topological polar surface area (TPSA) is 24.5 Å². The molecular weight excluding hydrogens is 260 g/mol. The van der Waals surface area contributed by atoms with E-state index < -0.39 is 0 Å². The average Bonchev–Trinajstić information content (AvgIpc) is 2.87. The summed E-state index contributed by atoms with van der Waals surface area (Å²) in [5.74, 6) is 1.67. The van der Waals surface area contributed by atoms with Gasteiger partial charge in [0, 0.05) is 31.7 Å². The van der Waals surface area contributed by atoms with Crippen molar-refractivity contribution in [2.24, 2.45) is 17.3 Å². The molecule has 0 aliphatic carbocycles. The highest BCUT2D eigenvalue weighted by atomic mass is 16.5. The van der Waals surface area contributed by atoms with Gasteiger partial charge in [-0.2, -0.15) is 0 Å². The highest BCUT2D eigenvalue weighted by Crippen LogP contribution is 2.32. The summed E-state index contributed by atoms with van der Waals surface area (Å²) in [5, 5.41) is 3.70. The van der Waals surface area contributed by atoms with E-state index in [0.717, 1.165) is 38.1 Å². The van der Waals surface area contributed by atoms with Crippen LogP contribution in [0.2, 0.25) is 0 Å². The van der Waals surface area contributed by atoms with Crippen molar-refractivity contribution >= 4 is 0 Å². The van der Waals surface area contributed by atoms with E-state index in [2.05, 4.69) is 31.0 Å². The lowest BCUT2D eigenvalue weighted by atomic mass is 9.81. The highest BCUT2D eigenvalue weighted by molar-refractivity contribution is 4.89. The number of hydrogen-bond acceptors (Lipinski definition) is 3. The Balaban J connectivity index is 1.84. The Kier molecular flexibility index (Phi) is 6.97. The Morgan fingerprint density at radius 2 is 2.24 bits per heavy atom. The number of nitrogens with one attached hydrogen (secondary N) is 1. The van der Waals surface area contributed by atoms with Crippen molar-refractivity contribution in [3.8, 4) is 0 Å². The van der Waals surface area contributed by atoms with Crippen LogP contribution in [0.25, 0.3) is 0 Å². The van der Waals surface area contributed by atoms with Crippen LogP contribution < -0.4 is 5.32 Å². The summed E-state index contributed by atoms with van der Waals surface area (Å²) in [7, 11) is 0. The average molecular weight is 296 g/mol. The summed E-state index contributed by atoms with van der Waals surface area (Å²) in [6.07, 6.45) is 6.71. The molecule has 124 valence electrons. The minimum absolute atomic E-state index is 0.355. The first-order valence-corrected chi connectivity index (χ1v) is 9.14. The third-order valence-corrected chi connectivity index (χ3v) is 5.08. The molecule has 2 fully saturated rings. The molecule has 2 saturated heterocycles. The highest BCUT2D eigenvalue weighted by Gasteiger charge is 2.36. The van der Waals surface area contributed by atoms with Gasteiger partial charge in [-0.15, -0.1) is 0 Å². The van der Waals surface area contributed by atoms with Crippen molar-refractivity contribution in [1.29, 1.82) is 0 Å². The smallest absolute Gasteiger partial charge is 0.0546 e. The van der Waals surface area contributed by atoms with E-state index in [9.17, 15) is 0 Å². The number of nitrogens with zero attached hydrogens (tertiary/aromatic N) is 1. The van der Waals surface area contributed by atoms with Crippen LogP contribution in [0.3, 0.4) is 0 Å². The predicted octanol–water partition coefficient (Wildman–Crippen LogP) is 3.15. The predicted molar refractivity (Wildman–Crippen MR) is 89.6 cm³/mol. The number of likely N-dealkylation sites (tertiary alicyclic amines) is 1. The summed E-state index contributed by atoms with van der Waals surface area (Å²) in [4.78, 5) is 2.71. The first kappa shape index (κ1) is 17.2. The molecule has 1 N–H and O–H groups in total. The Morgan fingerprint density at radius 1 is 1.38 bits per heavy atom. The van der Waals surface area contributed by atoms with Crippen molar-refractivity contribution in [1.82, 2.24) is 10.2 Å². The van der Waals surface area contributed by atoms with E-state index in [0.29, 0.717) is 5.41 Å². The molecule has 21 heavy (non-hydrogen) atoms. The quantitative estimate of drug-likeness (QED) is 0.744. The molecule has 2 aliphatic heterocycles. The van der Waals surface area contributed by atoms with Gasteiger partial charge in [0.05, 0.1) is 6.61 Å². The van der Waals surface area contributed by atoms with Gasteiger partial charge in [0.1, 0.15) is 0 Å². The molecular formula is C18H36N2O. The Hall–Kier alpha value is -0.120. The fourth-order valence-corrected chi connectivity index (χ4v) is 4.03. The fraction of sp³-hybridized carbons (Fsp3) is 1.00. The summed E-state index contributed by atoms with van der Waals surface area (Å²) in [6, 6.07) is 0. The molecule has 3 heteroatoms. The van der Waals surface area contributed by atoms with Gasteiger partial charge >= 0.3 is 0 Å². The number of hydrogen-bond donors (Lipinski definition) is 1. The molecule has 0 bridgehead atoms. The summed E-state index contributed by atoms with van der Waals surface area (Å²) < 4.78 is 5.86. The molecule has 2 rings (SSSR count). The molecule has 0 aromatic heterocycles. The zero-order valence-corrected chi connectivity index (χ0v) is 14.5. The van der Waals surface area contributed by atoms with Gasteiger partial charge < -0.3 is 15.0 Å². The Bertz CT molecular complexity index is 287. The van der Waals surface area contributed by atoms with Gasteiger partial charge in [0.2, 0.25) is 0 Å². The van der Waals surface area contributed by atoms with Crippen LogP contribution in [-0.2, 0) is 4.74 Å². The molecule has 3 nitrogen and oxygen atoms in total. The van der Waals surface area contributed by atoms with Crippen LogP contribution in [0, 0.1) is 17.3 Å². The van der Waals surface area contributed by atoms with Crippen LogP contribution in [0.15, 0.2) is 0 Å². The van der Waals surface area contributed by atoms with Crippen LogP contribution in [0.5, 0.6) is 0 Å². The molecule has 0 spiro atoms. The zero-order valence-electron chi connectivity index (χ0n) is 14.5. The largest absolute Gasteiger partial charge is 0.381 e. The van der Waals surface area contributed by atoms with Gasteiger partial charge in [0.25, 0.3) is 0 Å². The van der Waals surface area contributed by atoms with E-state index in [-0.39, 0.29) is 0 Å². The van der Waals surface area contributed by atoms with E-state index in [1.165, 1.54) is 51.7 Å².